The van der Waals surface area contributed by atoms with Crippen LogP contribution in [0.15, 0.2) is 18.6 Å². The van der Waals surface area contributed by atoms with Crippen molar-refractivity contribution < 1.29 is 6.22 Å². The molecule has 126 valence electrons. The van der Waals surface area contributed by atoms with Crippen molar-refractivity contribution in [1.82, 2.24) is 19.5 Å². The minimum atomic E-state index is -0.561. The maximum atomic E-state index is 11.1. The Morgan fingerprint density at radius 1 is 1.30 bits per heavy atom. The first-order valence-corrected chi connectivity index (χ1v) is 8.09. The molecule has 6 nitrogen and oxygen atoms in total. The fraction of sp³-hybridized carbons (Fsp3) is 0.529. The lowest BCUT2D eigenvalue weighted by Gasteiger charge is -2.15. The molecule has 6 heteroatoms. The Kier molecular flexibility index (Phi) is 5.84. The Labute approximate surface area is 138 Å². The van der Waals surface area contributed by atoms with E-state index in [-0.39, 0.29) is 7.12 Å². The highest BCUT2D eigenvalue weighted by atomic mass is 16.1. The van der Waals surface area contributed by atoms with Gasteiger partial charge in [0.2, 0.25) is 0 Å². The van der Waals surface area contributed by atoms with Gasteiger partial charge in [0.1, 0.15) is 11.4 Å². The molecular formula is C17H27N5O. The minimum Gasteiger partial charge on any atom is -0.364 e. The van der Waals surface area contributed by atoms with E-state index in [1.807, 2.05) is 7.05 Å². The van der Waals surface area contributed by atoms with Gasteiger partial charge in [0.25, 0.3) is 5.91 Å². The van der Waals surface area contributed by atoms with Gasteiger partial charge in [0.05, 0.1) is 12.5 Å². The van der Waals surface area contributed by atoms with Crippen molar-refractivity contribution in [3.05, 3.63) is 30.0 Å². The molecule has 2 aromatic heterocycles. The molecule has 2 heterocycles. The fourth-order valence-electron chi connectivity index (χ4n) is 2.69. The average Bonchev–Trinajstić information content (AvgIpc) is 2.94. The standard InChI is InChI=1S/C10H11N5O.C7H14.H2/c1-6-3-7(9(11)16)14-10(13-6)8-4-12-5-15(8)2;1-7-5-3-2-4-6-7;/h3-5H,1-2H3,(H2,11,16);7H,2-6H2,1H3;1H. The van der Waals surface area contributed by atoms with Gasteiger partial charge in [-0.25, -0.2) is 15.0 Å². The zero-order chi connectivity index (χ0) is 16.8. The zero-order valence-electron chi connectivity index (χ0n) is 14.1. The van der Waals surface area contributed by atoms with Crippen LogP contribution < -0.4 is 5.73 Å². The van der Waals surface area contributed by atoms with Gasteiger partial charge in [0.15, 0.2) is 5.82 Å². The number of nitrogens with two attached hydrogens (primary N) is 1. The van der Waals surface area contributed by atoms with Gasteiger partial charge in [-0.1, -0.05) is 39.0 Å². The molecule has 0 radical (unpaired) electrons. The number of primary amides is 1. The zero-order valence-corrected chi connectivity index (χ0v) is 14.1. The van der Waals surface area contributed by atoms with Gasteiger partial charge < -0.3 is 10.3 Å². The third-order valence-corrected chi connectivity index (χ3v) is 4.05. The Hall–Kier alpha value is -2.24. The highest BCUT2D eigenvalue weighted by Gasteiger charge is 2.11. The number of hydrogen-bond donors (Lipinski definition) is 1. The summed E-state index contributed by atoms with van der Waals surface area (Å²) < 4.78 is 1.78. The lowest BCUT2D eigenvalue weighted by Crippen LogP contribution is -2.14. The van der Waals surface area contributed by atoms with Gasteiger partial charge >= 0.3 is 0 Å². The predicted molar refractivity (Wildman–Crippen MR) is 91.9 cm³/mol. The summed E-state index contributed by atoms with van der Waals surface area (Å²) in [5.41, 5.74) is 6.84. The summed E-state index contributed by atoms with van der Waals surface area (Å²) in [5.74, 6) is 0.927. The first-order chi connectivity index (χ1) is 11.0. The van der Waals surface area contributed by atoms with E-state index in [4.69, 9.17) is 5.73 Å². The van der Waals surface area contributed by atoms with E-state index in [0.29, 0.717) is 11.5 Å². The maximum Gasteiger partial charge on any atom is 0.267 e. The van der Waals surface area contributed by atoms with Crippen molar-refractivity contribution in [2.24, 2.45) is 18.7 Å². The minimum absolute atomic E-state index is 0. The van der Waals surface area contributed by atoms with Crippen molar-refractivity contribution in [3.63, 3.8) is 0 Å². The maximum absolute atomic E-state index is 11.1. The normalized spacial score (nSPS) is 14.9. The topological polar surface area (TPSA) is 86.7 Å². The Morgan fingerprint density at radius 3 is 2.48 bits per heavy atom. The number of hydrogen-bond acceptors (Lipinski definition) is 4. The van der Waals surface area contributed by atoms with Gasteiger partial charge in [0, 0.05) is 14.2 Å². The second-order valence-corrected chi connectivity index (χ2v) is 6.22. The molecule has 2 aromatic rings. The lowest BCUT2D eigenvalue weighted by atomic mass is 9.91. The second-order valence-electron chi connectivity index (χ2n) is 6.22. The second kappa shape index (κ2) is 7.85. The third-order valence-electron chi connectivity index (χ3n) is 4.05. The smallest absolute Gasteiger partial charge is 0.267 e. The SMILES string of the molecule is CC1CCCCC1.Cc1cc(C(N)=O)nc(-c2cncn2C)n1.[HH]. The first kappa shape index (κ1) is 17.1. The quantitative estimate of drug-likeness (QED) is 0.922. The van der Waals surface area contributed by atoms with E-state index in [1.54, 1.807) is 30.1 Å². The Bertz CT molecular complexity index is 665. The van der Waals surface area contributed by atoms with Crippen LogP contribution in [0.25, 0.3) is 11.5 Å². The van der Waals surface area contributed by atoms with E-state index in [1.165, 1.54) is 32.1 Å². The van der Waals surface area contributed by atoms with Crippen LogP contribution in [0.3, 0.4) is 0 Å². The summed E-state index contributed by atoms with van der Waals surface area (Å²) in [4.78, 5) is 23.4. The van der Waals surface area contributed by atoms with Crippen LogP contribution in [0.4, 0.5) is 0 Å². The summed E-state index contributed by atoms with van der Waals surface area (Å²) in [6.07, 6.45) is 10.7. The summed E-state index contributed by atoms with van der Waals surface area (Å²) in [7, 11) is 1.83. The molecule has 0 bridgehead atoms. The van der Waals surface area contributed by atoms with Gasteiger partial charge in [-0.05, 0) is 18.9 Å². The summed E-state index contributed by atoms with van der Waals surface area (Å²) in [5, 5.41) is 0. The lowest BCUT2D eigenvalue weighted by molar-refractivity contribution is 0.0995. The van der Waals surface area contributed by atoms with Crippen LogP contribution in [0.2, 0.25) is 0 Å². The van der Waals surface area contributed by atoms with Crippen LogP contribution in [0, 0.1) is 12.8 Å². The number of carbonyl (C=O) groups is 1. The monoisotopic (exact) mass is 317 g/mol. The van der Waals surface area contributed by atoms with Crippen LogP contribution >= 0.6 is 0 Å². The number of amides is 1. The summed E-state index contributed by atoms with van der Waals surface area (Å²) in [6, 6.07) is 1.56. The van der Waals surface area contributed by atoms with E-state index >= 15 is 0 Å². The largest absolute Gasteiger partial charge is 0.364 e. The molecule has 2 N–H and O–H groups in total. The molecule has 0 aromatic carbocycles. The van der Waals surface area contributed by atoms with Gasteiger partial charge in [-0.3, -0.25) is 4.79 Å². The van der Waals surface area contributed by atoms with Gasteiger partial charge in [-0.2, -0.15) is 0 Å². The number of aryl methyl sites for hydroxylation is 2. The van der Waals surface area contributed by atoms with Crippen molar-refractivity contribution in [3.8, 4) is 11.5 Å². The summed E-state index contributed by atoms with van der Waals surface area (Å²) >= 11 is 0. The van der Waals surface area contributed by atoms with Crippen molar-refractivity contribution >= 4 is 5.91 Å². The van der Waals surface area contributed by atoms with Crippen molar-refractivity contribution in [2.75, 3.05) is 0 Å². The molecule has 1 aliphatic rings. The molecule has 1 fully saturated rings. The van der Waals surface area contributed by atoms with Crippen LogP contribution in [-0.4, -0.2) is 25.4 Å². The van der Waals surface area contributed by atoms with E-state index in [2.05, 4.69) is 21.9 Å². The molecule has 1 saturated carbocycles. The van der Waals surface area contributed by atoms with Crippen LogP contribution in [-0.2, 0) is 7.05 Å². The average molecular weight is 317 g/mol. The summed E-state index contributed by atoms with van der Waals surface area (Å²) in [6.45, 7) is 4.15. The first-order valence-electron chi connectivity index (χ1n) is 8.09. The van der Waals surface area contributed by atoms with Crippen LogP contribution in [0.1, 0.15) is 56.6 Å². The molecule has 1 amide bonds. The van der Waals surface area contributed by atoms with Gasteiger partial charge in [-0.15, -0.1) is 0 Å². The highest BCUT2D eigenvalue weighted by molar-refractivity contribution is 5.91. The van der Waals surface area contributed by atoms with Crippen molar-refractivity contribution in [1.29, 1.82) is 0 Å². The number of rotatable bonds is 2. The van der Waals surface area contributed by atoms with Crippen LogP contribution in [0.5, 0.6) is 0 Å². The number of carbonyl (C=O) groups excluding carboxylic acids is 1. The fourth-order valence-corrected chi connectivity index (χ4v) is 2.69. The molecule has 0 atom stereocenters. The molecular weight excluding hydrogens is 290 g/mol. The third kappa shape index (κ3) is 4.87. The number of aromatic nitrogens is 4. The molecule has 0 aliphatic heterocycles. The molecule has 0 unspecified atom stereocenters. The molecule has 0 saturated heterocycles. The molecule has 23 heavy (non-hydrogen) atoms. The Morgan fingerprint density at radius 2 is 2.00 bits per heavy atom. The van der Waals surface area contributed by atoms with E-state index < -0.39 is 5.91 Å². The number of nitrogens with zero attached hydrogens (tertiary/aromatic N) is 4. The molecule has 1 aliphatic carbocycles. The molecule has 3 rings (SSSR count). The van der Waals surface area contributed by atoms with E-state index in [0.717, 1.165) is 11.6 Å². The van der Waals surface area contributed by atoms with Crippen molar-refractivity contribution in [2.45, 2.75) is 46.0 Å². The predicted octanol–water partition coefficient (Wildman–Crippen LogP) is 3.12. The highest BCUT2D eigenvalue weighted by Crippen LogP contribution is 2.22. The van der Waals surface area contributed by atoms with E-state index in [9.17, 15) is 4.79 Å². The Balaban J connectivity index is 0.000000304. The number of imidazole rings is 1. The molecule has 0 spiro atoms.